The number of phenolic OH excluding ortho intramolecular Hbond substituents is 2. The number of phenols is 2. The summed E-state index contributed by atoms with van der Waals surface area (Å²) >= 11 is 3.24. The molecule has 3 aromatic rings. The van der Waals surface area contributed by atoms with Crippen molar-refractivity contribution in [2.75, 3.05) is 0 Å². The van der Waals surface area contributed by atoms with Gasteiger partial charge in [-0.05, 0) is 59.3 Å². The minimum Gasteiger partial charge on any atom is -0.508 e. The molecule has 0 bridgehead atoms. The van der Waals surface area contributed by atoms with Crippen molar-refractivity contribution >= 4 is 26.9 Å². The predicted octanol–water partition coefficient (Wildman–Crippen LogP) is 3.94. The normalized spacial score (nSPS) is 11.0. The lowest BCUT2D eigenvalue weighted by Crippen LogP contribution is -2.07. The van der Waals surface area contributed by atoms with E-state index in [-0.39, 0.29) is 16.9 Å². The lowest BCUT2D eigenvalue weighted by atomic mass is 10.1. The second-order valence-corrected chi connectivity index (χ2v) is 5.59. The molecule has 2 aromatic carbocycles. The van der Waals surface area contributed by atoms with E-state index in [1.165, 1.54) is 18.2 Å². The first-order chi connectivity index (χ1) is 9.97. The van der Waals surface area contributed by atoms with Gasteiger partial charge in [0.05, 0.1) is 9.86 Å². The SMILES string of the molecule is Cc1c(-c2ccc(O)c(Br)c2)oc2ccc(O)cc2c1=O. The molecule has 21 heavy (non-hydrogen) atoms. The quantitative estimate of drug-likeness (QED) is 0.699. The number of hydrogen-bond acceptors (Lipinski definition) is 4. The number of rotatable bonds is 1. The van der Waals surface area contributed by atoms with Gasteiger partial charge in [0, 0.05) is 11.1 Å². The topological polar surface area (TPSA) is 70.7 Å². The third-order valence-electron chi connectivity index (χ3n) is 3.31. The summed E-state index contributed by atoms with van der Waals surface area (Å²) in [5, 5.41) is 19.4. The number of hydrogen-bond donors (Lipinski definition) is 2. The molecule has 4 nitrogen and oxygen atoms in total. The van der Waals surface area contributed by atoms with Gasteiger partial charge in [-0.1, -0.05) is 0 Å². The molecule has 5 heteroatoms. The summed E-state index contributed by atoms with van der Waals surface area (Å²) in [6, 6.07) is 9.32. The van der Waals surface area contributed by atoms with Crippen LogP contribution in [0.3, 0.4) is 0 Å². The van der Waals surface area contributed by atoms with E-state index in [2.05, 4.69) is 15.9 Å². The molecule has 0 radical (unpaired) electrons. The molecule has 0 atom stereocenters. The van der Waals surface area contributed by atoms with E-state index in [4.69, 9.17) is 4.42 Å². The van der Waals surface area contributed by atoms with Crippen LogP contribution in [0, 0.1) is 6.92 Å². The zero-order valence-electron chi connectivity index (χ0n) is 11.1. The van der Waals surface area contributed by atoms with Crippen LogP contribution in [0.2, 0.25) is 0 Å². The smallest absolute Gasteiger partial charge is 0.196 e. The summed E-state index contributed by atoms with van der Waals surface area (Å²) in [7, 11) is 0. The minimum atomic E-state index is -0.189. The monoisotopic (exact) mass is 346 g/mol. The van der Waals surface area contributed by atoms with E-state index in [0.29, 0.717) is 32.3 Å². The molecule has 0 aliphatic rings. The molecular weight excluding hydrogens is 336 g/mol. The first-order valence-corrected chi connectivity index (χ1v) is 7.02. The third-order valence-corrected chi connectivity index (χ3v) is 3.95. The molecule has 3 rings (SSSR count). The lowest BCUT2D eigenvalue weighted by Gasteiger charge is -2.08. The van der Waals surface area contributed by atoms with Gasteiger partial charge in [0.25, 0.3) is 0 Å². The summed E-state index contributed by atoms with van der Waals surface area (Å²) in [5.74, 6) is 0.581. The van der Waals surface area contributed by atoms with Gasteiger partial charge in [0.15, 0.2) is 5.43 Å². The highest BCUT2D eigenvalue weighted by molar-refractivity contribution is 9.10. The zero-order chi connectivity index (χ0) is 15.1. The molecule has 0 spiro atoms. The van der Waals surface area contributed by atoms with Crippen LogP contribution in [-0.4, -0.2) is 10.2 Å². The molecule has 0 fully saturated rings. The predicted molar refractivity (Wildman–Crippen MR) is 83.7 cm³/mol. The van der Waals surface area contributed by atoms with Gasteiger partial charge in [0.2, 0.25) is 0 Å². The van der Waals surface area contributed by atoms with Crippen LogP contribution in [0.5, 0.6) is 11.5 Å². The number of halogens is 1. The average molecular weight is 347 g/mol. The van der Waals surface area contributed by atoms with Crippen molar-refractivity contribution in [3.63, 3.8) is 0 Å². The summed E-state index contributed by atoms with van der Waals surface area (Å²) in [6.45, 7) is 1.67. The fourth-order valence-electron chi connectivity index (χ4n) is 2.20. The van der Waals surface area contributed by atoms with Gasteiger partial charge in [-0.25, -0.2) is 0 Å². The maximum absolute atomic E-state index is 12.4. The molecule has 0 aliphatic carbocycles. The highest BCUT2D eigenvalue weighted by Gasteiger charge is 2.14. The van der Waals surface area contributed by atoms with Crippen molar-refractivity contribution in [2.45, 2.75) is 6.92 Å². The average Bonchev–Trinajstić information content (AvgIpc) is 2.46. The number of benzene rings is 2. The molecule has 1 aromatic heterocycles. The second kappa shape index (κ2) is 4.93. The Kier molecular flexibility index (Phi) is 3.22. The van der Waals surface area contributed by atoms with Gasteiger partial charge in [-0.3, -0.25) is 4.79 Å². The molecule has 106 valence electrons. The fourth-order valence-corrected chi connectivity index (χ4v) is 2.58. The van der Waals surface area contributed by atoms with Crippen molar-refractivity contribution in [1.29, 1.82) is 0 Å². The fraction of sp³-hybridized carbons (Fsp3) is 0.0625. The van der Waals surface area contributed by atoms with E-state index in [9.17, 15) is 15.0 Å². The van der Waals surface area contributed by atoms with Crippen molar-refractivity contribution in [3.05, 3.63) is 56.7 Å². The van der Waals surface area contributed by atoms with Crippen molar-refractivity contribution in [2.24, 2.45) is 0 Å². The van der Waals surface area contributed by atoms with E-state index in [1.54, 1.807) is 25.1 Å². The Hall–Kier alpha value is -2.27. The maximum atomic E-state index is 12.4. The minimum absolute atomic E-state index is 0.0225. The van der Waals surface area contributed by atoms with Gasteiger partial charge >= 0.3 is 0 Å². The van der Waals surface area contributed by atoms with Crippen LogP contribution in [0.15, 0.2) is 50.1 Å². The Balaban J connectivity index is 2.33. The Bertz CT molecular complexity index is 912. The number of aromatic hydroxyl groups is 2. The Labute approximate surface area is 128 Å². The molecule has 0 aliphatic heterocycles. The van der Waals surface area contributed by atoms with Gasteiger partial charge in [-0.15, -0.1) is 0 Å². The molecule has 1 heterocycles. The van der Waals surface area contributed by atoms with Crippen LogP contribution >= 0.6 is 15.9 Å². The Morgan fingerprint density at radius 2 is 1.86 bits per heavy atom. The van der Waals surface area contributed by atoms with Crippen LogP contribution in [-0.2, 0) is 0 Å². The standard InChI is InChI=1S/C16H11BrO4/c1-8-15(20)11-7-10(18)3-5-14(11)21-16(8)9-2-4-13(19)12(17)6-9/h2-7,18-19H,1H3. The number of fused-ring (bicyclic) bond motifs is 1. The van der Waals surface area contributed by atoms with Gasteiger partial charge < -0.3 is 14.6 Å². The second-order valence-electron chi connectivity index (χ2n) is 4.73. The van der Waals surface area contributed by atoms with Gasteiger partial charge in [0.1, 0.15) is 22.8 Å². The van der Waals surface area contributed by atoms with Crippen molar-refractivity contribution < 1.29 is 14.6 Å². The largest absolute Gasteiger partial charge is 0.508 e. The summed E-state index contributed by atoms with van der Waals surface area (Å²) < 4.78 is 6.32. The van der Waals surface area contributed by atoms with E-state index < -0.39 is 0 Å². The molecular formula is C16H11BrO4. The third kappa shape index (κ3) is 2.29. The molecule has 0 saturated carbocycles. The van der Waals surface area contributed by atoms with Crippen LogP contribution < -0.4 is 5.43 Å². The van der Waals surface area contributed by atoms with Crippen molar-refractivity contribution in [1.82, 2.24) is 0 Å². The molecule has 0 unspecified atom stereocenters. The highest BCUT2D eigenvalue weighted by atomic mass is 79.9. The van der Waals surface area contributed by atoms with Crippen molar-refractivity contribution in [3.8, 4) is 22.8 Å². The van der Waals surface area contributed by atoms with Crippen LogP contribution in [0.4, 0.5) is 0 Å². The summed E-state index contributed by atoms with van der Waals surface area (Å²) in [6.07, 6.45) is 0. The highest BCUT2D eigenvalue weighted by Crippen LogP contribution is 2.32. The lowest BCUT2D eigenvalue weighted by molar-refractivity contribution is 0.471. The van der Waals surface area contributed by atoms with Gasteiger partial charge in [-0.2, -0.15) is 0 Å². The van der Waals surface area contributed by atoms with E-state index in [1.807, 2.05) is 0 Å². The van der Waals surface area contributed by atoms with Crippen LogP contribution in [0.25, 0.3) is 22.3 Å². The molecule has 2 N–H and O–H groups in total. The first kappa shape index (κ1) is 13.7. The molecule has 0 amide bonds. The van der Waals surface area contributed by atoms with E-state index >= 15 is 0 Å². The van der Waals surface area contributed by atoms with Crippen LogP contribution in [0.1, 0.15) is 5.56 Å². The summed E-state index contributed by atoms with van der Waals surface area (Å²) in [4.78, 5) is 12.4. The van der Waals surface area contributed by atoms with E-state index in [0.717, 1.165) is 0 Å². The first-order valence-electron chi connectivity index (χ1n) is 6.22. The summed E-state index contributed by atoms with van der Waals surface area (Å²) in [5.41, 5.74) is 1.35. The molecule has 0 saturated heterocycles. The zero-order valence-corrected chi connectivity index (χ0v) is 12.6. The maximum Gasteiger partial charge on any atom is 0.196 e. The Morgan fingerprint density at radius 3 is 2.57 bits per heavy atom. The Morgan fingerprint density at radius 1 is 1.10 bits per heavy atom.